The summed E-state index contributed by atoms with van der Waals surface area (Å²) in [7, 11) is 0. The Labute approximate surface area is 81.3 Å². The molecule has 1 aromatic carbocycles. The molecule has 13 heavy (non-hydrogen) atoms. The molecule has 0 amide bonds. The number of fused-ring (bicyclic) bond motifs is 1. The number of pyridine rings is 1. The molecule has 0 atom stereocenters. The van der Waals surface area contributed by atoms with E-state index in [9.17, 15) is 0 Å². The normalized spacial score (nSPS) is 10.6. The van der Waals surface area contributed by atoms with Crippen molar-refractivity contribution in [2.75, 3.05) is 5.73 Å². The van der Waals surface area contributed by atoms with Crippen molar-refractivity contribution < 1.29 is 0 Å². The molecule has 0 spiro atoms. The molecule has 3 heteroatoms. The van der Waals surface area contributed by atoms with Gasteiger partial charge in [0.05, 0.1) is 10.5 Å². The lowest BCUT2D eigenvalue weighted by atomic mass is 10.2. The van der Waals surface area contributed by atoms with Gasteiger partial charge in [0.15, 0.2) is 0 Å². The summed E-state index contributed by atoms with van der Waals surface area (Å²) in [4.78, 5) is 4.34. The molecule has 0 fully saturated rings. The van der Waals surface area contributed by atoms with E-state index >= 15 is 0 Å². The fraction of sp³-hybridized carbons (Fsp3) is 0.100. The molecule has 2 aromatic rings. The number of nitrogens with zero attached hydrogens (tertiary/aromatic N) is 1. The van der Waals surface area contributed by atoms with Crippen LogP contribution in [-0.4, -0.2) is 4.98 Å². The van der Waals surface area contributed by atoms with Crippen LogP contribution in [0.5, 0.6) is 0 Å². The average Bonchev–Trinajstić information content (AvgIpc) is 2.06. The van der Waals surface area contributed by atoms with Crippen LogP contribution in [0, 0.1) is 6.92 Å². The molecule has 2 N–H and O–H groups in total. The van der Waals surface area contributed by atoms with Gasteiger partial charge in [-0.1, -0.05) is 11.6 Å². The van der Waals surface area contributed by atoms with E-state index in [0.29, 0.717) is 10.7 Å². The Morgan fingerprint density at radius 1 is 1.31 bits per heavy atom. The van der Waals surface area contributed by atoms with E-state index < -0.39 is 0 Å². The van der Waals surface area contributed by atoms with E-state index in [4.69, 9.17) is 17.3 Å². The van der Waals surface area contributed by atoms with Crippen molar-refractivity contribution in [1.29, 1.82) is 0 Å². The molecule has 0 aliphatic carbocycles. The first-order valence-corrected chi connectivity index (χ1v) is 4.37. The van der Waals surface area contributed by atoms with Crippen molar-refractivity contribution in [2.45, 2.75) is 6.92 Å². The molecule has 1 aromatic heterocycles. The number of hydrogen-bond acceptors (Lipinski definition) is 2. The highest BCUT2D eigenvalue weighted by Gasteiger charge is 2.01. The van der Waals surface area contributed by atoms with E-state index in [1.807, 2.05) is 31.2 Å². The SMILES string of the molecule is Cc1cc(Cl)c2cc(N)ccc2n1. The Kier molecular flexibility index (Phi) is 1.85. The van der Waals surface area contributed by atoms with Gasteiger partial charge in [0.1, 0.15) is 0 Å². The number of hydrogen-bond donors (Lipinski definition) is 1. The summed E-state index contributed by atoms with van der Waals surface area (Å²) in [6, 6.07) is 7.38. The summed E-state index contributed by atoms with van der Waals surface area (Å²) >= 11 is 6.04. The molecule has 66 valence electrons. The lowest BCUT2D eigenvalue weighted by molar-refractivity contribution is 1.26. The van der Waals surface area contributed by atoms with Gasteiger partial charge in [-0.05, 0) is 31.2 Å². The smallest absolute Gasteiger partial charge is 0.0721 e. The van der Waals surface area contributed by atoms with Gasteiger partial charge in [-0.15, -0.1) is 0 Å². The zero-order chi connectivity index (χ0) is 9.42. The van der Waals surface area contributed by atoms with Crippen LogP contribution in [0.25, 0.3) is 10.9 Å². The minimum absolute atomic E-state index is 0.704. The lowest BCUT2D eigenvalue weighted by Gasteiger charge is -2.02. The topological polar surface area (TPSA) is 38.9 Å². The summed E-state index contributed by atoms with van der Waals surface area (Å²) in [5.74, 6) is 0. The second-order valence-corrected chi connectivity index (χ2v) is 3.43. The minimum Gasteiger partial charge on any atom is -0.399 e. The first-order valence-electron chi connectivity index (χ1n) is 3.99. The Bertz CT molecular complexity index is 466. The summed E-state index contributed by atoms with van der Waals surface area (Å²) in [5.41, 5.74) is 8.16. The van der Waals surface area contributed by atoms with E-state index in [2.05, 4.69) is 4.98 Å². The highest BCUT2D eigenvalue weighted by molar-refractivity contribution is 6.35. The number of nitrogens with two attached hydrogens (primary N) is 1. The van der Waals surface area contributed by atoms with Crippen LogP contribution in [0.3, 0.4) is 0 Å². The van der Waals surface area contributed by atoms with Gasteiger partial charge >= 0.3 is 0 Å². The van der Waals surface area contributed by atoms with Crippen LogP contribution < -0.4 is 5.73 Å². The number of aromatic nitrogens is 1. The van der Waals surface area contributed by atoms with Crippen molar-refractivity contribution in [1.82, 2.24) is 4.98 Å². The van der Waals surface area contributed by atoms with Crippen LogP contribution in [0.15, 0.2) is 24.3 Å². The number of halogens is 1. The standard InChI is InChI=1S/C10H9ClN2/c1-6-4-9(11)8-5-7(12)2-3-10(8)13-6/h2-5H,12H2,1H3. The molecule has 0 aliphatic rings. The van der Waals surface area contributed by atoms with Crippen molar-refractivity contribution in [2.24, 2.45) is 0 Å². The average molecular weight is 193 g/mol. The quantitative estimate of drug-likeness (QED) is 0.652. The molecule has 2 rings (SSSR count). The Morgan fingerprint density at radius 2 is 2.08 bits per heavy atom. The van der Waals surface area contributed by atoms with Gasteiger partial charge in [0.25, 0.3) is 0 Å². The van der Waals surface area contributed by atoms with Gasteiger partial charge in [0.2, 0.25) is 0 Å². The highest BCUT2D eigenvalue weighted by atomic mass is 35.5. The Morgan fingerprint density at radius 3 is 2.85 bits per heavy atom. The van der Waals surface area contributed by atoms with Gasteiger partial charge in [0, 0.05) is 16.8 Å². The molecule has 0 aliphatic heterocycles. The number of aryl methyl sites for hydroxylation is 1. The summed E-state index contributed by atoms with van der Waals surface area (Å²) in [6.45, 7) is 1.92. The van der Waals surface area contributed by atoms with Crippen molar-refractivity contribution >= 4 is 28.2 Å². The van der Waals surface area contributed by atoms with E-state index in [1.54, 1.807) is 0 Å². The molecular formula is C10H9ClN2. The van der Waals surface area contributed by atoms with Gasteiger partial charge in [-0.25, -0.2) is 0 Å². The number of benzene rings is 1. The number of anilines is 1. The van der Waals surface area contributed by atoms with Crippen LogP contribution in [0.2, 0.25) is 5.02 Å². The highest BCUT2D eigenvalue weighted by Crippen LogP contribution is 2.24. The molecule has 0 bridgehead atoms. The zero-order valence-corrected chi connectivity index (χ0v) is 7.97. The van der Waals surface area contributed by atoms with Gasteiger partial charge in [-0.3, -0.25) is 4.98 Å². The van der Waals surface area contributed by atoms with Crippen molar-refractivity contribution in [3.8, 4) is 0 Å². The van der Waals surface area contributed by atoms with Crippen molar-refractivity contribution in [3.05, 3.63) is 35.0 Å². The monoisotopic (exact) mass is 192 g/mol. The number of nitrogen functional groups attached to an aromatic ring is 1. The number of rotatable bonds is 0. The predicted octanol–water partition coefficient (Wildman–Crippen LogP) is 2.78. The summed E-state index contributed by atoms with van der Waals surface area (Å²) < 4.78 is 0. The minimum atomic E-state index is 0.704. The summed E-state index contributed by atoms with van der Waals surface area (Å²) in [6.07, 6.45) is 0. The first kappa shape index (κ1) is 8.32. The first-order chi connectivity index (χ1) is 6.16. The predicted molar refractivity (Wildman–Crippen MR) is 55.9 cm³/mol. The van der Waals surface area contributed by atoms with Crippen LogP contribution in [0.1, 0.15) is 5.69 Å². The maximum atomic E-state index is 6.04. The third-order valence-electron chi connectivity index (χ3n) is 1.91. The lowest BCUT2D eigenvalue weighted by Crippen LogP contribution is -1.88. The van der Waals surface area contributed by atoms with E-state index in [0.717, 1.165) is 16.6 Å². The third-order valence-corrected chi connectivity index (χ3v) is 2.22. The fourth-order valence-corrected chi connectivity index (χ4v) is 1.64. The fourth-order valence-electron chi connectivity index (χ4n) is 1.33. The maximum Gasteiger partial charge on any atom is 0.0721 e. The maximum absolute atomic E-state index is 6.04. The Hall–Kier alpha value is -1.28. The molecule has 0 saturated carbocycles. The summed E-state index contributed by atoms with van der Waals surface area (Å²) in [5, 5.41) is 1.61. The zero-order valence-electron chi connectivity index (χ0n) is 7.21. The third kappa shape index (κ3) is 1.45. The van der Waals surface area contributed by atoms with Crippen molar-refractivity contribution in [3.63, 3.8) is 0 Å². The second kappa shape index (κ2) is 2.89. The van der Waals surface area contributed by atoms with Crippen LogP contribution >= 0.6 is 11.6 Å². The molecule has 0 radical (unpaired) electrons. The van der Waals surface area contributed by atoms with Gasteiger partial charge < -0.3 is 5.73 Å². The molecular weight excluding hydrogens is 184 g/mol. The Balaban J connectivity index is 2.87. The largest absolute Gasteiger partial charge is 0.399 e. The van der Waals surface area contributed by atoms with E-state index in [-0.39, 0.29) is 0 Å². The molecule has 2 nitrogen and oxygen atoms in total. The molecule has 1 heterocycles. The second-order valence-electron chi connectivity index (χ2n) is 3.02. The molecule has 0 saturated heterocycles. The van der Waals surface area contributed by atoms with Crippen LogP contribution in [-0.2, 0) is 0 Å². The molecule has 0 unspecified atom stereocenters. The van der Waals surface area contributed by atoms with E-state index in [1.165, 1.54) is 0 Å². The van der Waals surface area contributed by atoms with Crippen LogP contribution in [0.4, 0.5) is 5.69 Å². The van der Waals surface area contributed by atoms with Gasteiger partial charge in [-0.2, -0.15) is 0 Å².